The topological polar surface area (TPSA) is 25.2 Å². The van der Waals surface area contributed by atoms with Gasteiger partial charge >= 0.3 is 0 Å². The molecule has 0 bridgehead atoms. The van der Waals surface area contributed by atoms with Gasteiger partial charge in [0.05, 0.1) is 12.3 Å². The van der Waals surface area contributed by atoms with Gasteiger partial charge in [-0.2, -0.15) is 0 Å². The van der Waals surface area contributed by atoms with Crippen molar-refractivity contribution in [2.24, 2.45) is 0 Å². The lowest BCUT2D eigenvalue weighted by Crippen LogP contribution is -2.24. The Hall–Kier alpha value is -1.80. The molecular formula is C17H21NO. The van der Waals surface area contributed by atoms with Gasteiger partial charge in [0.1, 0.15) is 5.76 Å². The summed E-state index contributed by atoms with van der Waals surface area (Å²) in [5, 5.41) is 3.61. The minimum absolute atomic E-state index is 0.180. The van der Waals surface area contributed by atoms with Crippen molar-refractivity contribution in [3.8, 4) is 0 Å². The summed E-state index contributed by atoms with van der Waals surface area (Å²) in [5.41, 5.74) is 2.46. The zero-order valence-electron chi connectivity index (χ0n) is 11.6. The van der Waals surface area contributed by atoms with E-state index in [4.69, 9.17) is 4.42 Å². The summed E-state index contributed by atoms with van der Waals surface area (Å²) in [6.45, 7) is 8.21. The Labute approximate surface area is 115 Å². The van der Waals surface area contributed by atoms with E-state index >= 15 is 0 Å². The Balaban J connectivity index is 2.12. The highest BCUT2D eigenvalue weighted by molar-refractivity contribution is 5.21. The van der Waals surface area contributed by atoms with Crippen molar-refractivity contribution in [1.29, 1.82) is 0 Å². The Kier molecular flexibility index (Phi) is 4.58. The highest BCUT2D eigenvalue weighted by Gasteiger charge is 2.16. The highest BCUT2D eigenvalue weighted by Crippen LogP contribution is 2.24. The molecule has 2 heteroatoms. The van der Waals surface area contributed by atoms with Crippen molar-refractivity contribution < 1.29 is 4.42 Å². The number of nitrogens with one attached hydrogen (secondary N) is 1. The average molecular weight is 255 g/mol. The van der Waals surface area contributed by atoms with Crippen LogP contribution in [0.15, 0.2) is 65.3 Å². The lowest BCUT2D eigenvalue weighted by molar-refractivity contribution is 0.390. The van der Waals surface area contributed by atoms with Crippen LogP contribution in [0.4, 0.5) is 0 Å². The van der Waals surface area contributed by atoms with E-state index in [2.05, 4.69) is 50.0 Å². The standard InChI is InChI=1S/C17H21NO/c1-13(2)12-16(15-8-5-4-6-9-15)18-14(3)17-10-7-11-19-17/h4-11,14,16,18H,1,12H2,2-3H3. The minimum Gasteiger partial charge on any atom is -0.468 e. The van der Waals surface area contributed by atoms with Gasteiger partial charge < -0.3 is 9.73 Å². The largest absolute Gasteiger partial charge is 0.468 e. The molecule has 0 saturated carbocycles. The average Bonchev–Trinajstić information content (AvgIpc) is 2.92. The van der Waals surface area contributed by atoms with Gasteiger partial charge in [-0.25, -0.2) is 0 Å². The molecule has 0 radical (unpaired) electrons. The first-order valence-corrected chi connectivity index (χ1v) is 6.65. The van der Waals surface area contributed by atoms with Crippen molar-refractivity contribution >= 4 is 0 Å². The molecule has 0 spiro atoms. The summed E-state index contributed by atoms with van der Waals surface area (Å²) in [6, 6.07) is 14.8. The summed E-state index contributed by atoms with van der Waals surface area (Å²) >= 11 is 0. The zero-order valence-corrected chi connectivity index (χ0v) is 11.6. The molecule has 1 aromatic carbocycles. The zero-order chi connectivity index (χ0) is 13.7. The molecule has 0 aliphatic rings. The number of hydrogen-bond donors (Lipinski definition) is 1. The molecule has 0 aliphatic carbocycles. The highest BCUT2D eigenvalue weighted by atomic mass is 16.3. The third-order valence-corrected chi connectivity index (χ3v) is 3.18. The molecule has 0 aliphatic heterocycles. The van der Waals surface area contributed by atoms with Crippen LogP contribution in [0.5, 0.6) is 0 Å². The van der Waals surface area contributed by atoms with E-state index < -0.39 is 0 Å². The Bertz CT molecular complexity index is 501. The maximum atomic E-state index is 5.45. The first-order chi connectivity index (χ1) is 9.16. The molecule has 0 fully saturated rings. The predicted molar refractivity (Wildman–Crippen MR) is 78.9 cm³/mol. The first-order valence-electron chi connectivity index (χ1n) is 6.65. The molecule has 0 saturated heterocycles. The Morgan fingerprint density at radius 1 is 1.21 bits per heavy atom. The molecule has 1 aromatic heterocycles. The molecule has 2 nitrogen and oxygen atoms in total. The van der Waals surface area contributed by atoms with E-state index in [1.54, 1.807) is 6.26 Å². The van der Waals surface area contributed by atoms with E-state index in [9.17, 15) is 0 Å². The number of benzene rings is 1. The molecule has 2 atom stereocenters. The maximum absolute atomic E-state index is 5.45. The van der Waals surface area contributed by atoms with Crippen LogP contribution in [-0.4, -0.2) is 0 Å². The fourth-order valence-electron chi connectivity index (χ4n) is 2.23. The predicted octanol–water partition coefficient (Wildman–Crippen LogP) is 4.64. The van der Waals surface area contributed by atoms with Crippen LogP contribution in [-0.2, 0) is 0 Å². The van der Waals surface area contributed by atoms with Gasteiger partial charge in [0.15, 0.2) is 0 Å². The van der Waals surface area contributed by atoms with Crippen molar-refractivity contribution in [3.05, 3.63) is 72.2 Å². The number of furan rings is 1. The second kappa shape index (κ2) is 6.39. The van der Waals surface area contributed by atoms with Gasteiger partial charge in [-0.05, 0) is 38.0 Å². The summed E-state index contributed by atoms with van der Waals surface area (Å²) in [6.07, 6.45) is 2.64. The molecule has 0 amide bonds. The first kappa shape index (κ1) is 13.6. The summed E-state index contributed by atoms with van der Waals surface area (Å²) in [7, 11) is 0. The molecule has 2 unspecified atom stereocenters. The van der Waals surface area contributed by atoms with Crippen LogP contribution in [0.3, 0.4) is 0 Å². The summed E-state index contributed by atoms with van der Waals surface area (Å²) in [5.74, 6) is 0.961. The SMILES string of the molecule is C=C(C)CC(NC(C)c1ccco1)c1ccccc1. The van der Waals surface area contributed by atoms with Crippen LogP contribution in [0.1, 0.15) is 43.7 Å². The van der Waals surface area contributed by atoms with Gasteiger partial charge in [0, 0.05) is 6.04 Å². The van der Waals surface area contributed by atoms with Crippen molar-refractivity contribution in [3.63, 3.8) is 0 Å². The minimum atomic E-state index is 0.180. The third-order valence-electron chi connectivity index (χ3n) is 3.18. The second-order valence-electron chi connectivity index (χ2n) is 5.03. The third kappa shape index (κ3) is 3.83. The van der Waals surface area contributed by atoms with Gasteiger partial charge in [-0.1, -0.05) is 35.9 Å². The fourth-order valence-corrected chi connectivity index (χ4v) is 2.23. The van der Waals surface area contributed by atoms with E-state index in [0.29, 0.717) is 0 Å². The van der Waals surface area contributed by atoms with E-state index in [1.165, 1.54) is 11.1 Å². The normalized spacial score (nSPS) is 14.0. The van der Waals surface area contributed by atoms with Crippen molar-refractivity contribution in [2.75, 3.05) is 0 Å². The van der Waals surface area contributed by atoms with Crippen molar-refractivity contribution in [1.82, 2.24) is 5.32 Å². The summed E-state index contributed by atoms with van der Waals surface area (Å²) in [4.78, 5) is 0. The van der Waals surface area contributed by atoms with Crippen LogP contribution in [0.2, 0.25) is 0 Å². The molecule has 100 valence electrons. The number of hydrogen-bond acceptors (Lipinski definition) is 2. The second-order valence-corrected chi connectivity index (χ2v) is 5.03. The van der Waals surface area contributed by atoms with E-state index in [1.807, 2.05) is 18.2 Å². The van der Waals surface area contributed by atoms with E-state index in [0.717, 1.165) is 12.2 Å². The van der Waals surface area contributed by atoms with E-state index in [-0.39, 0.29) is 12.1 Å². The van der Waals surface area contributed by atoms with Crippen LogP contribution >= 0.6 is 0 Å². The van der Waals surface area contributed by atoms with Gasteiger partial charge in [-0.3, -0.25) is 0 Å². The molecular weight excluding hydrogens is 234 g/mol. The maximum Gasteiger partial charge on any atom is 0.120 e. The van der Waals surface area contributed by atoms with Crippen LogP contribution in [0, 0.1) is 0 Å². The molecule has 2 aromatic rings. The Morgan fingerprint density at radius 3 is 2.53 bits per heavy atom. The van der Waals surface area contributed by atoms with Gasteiger partial charge in [0.2, 0.25) is 0 Å². The number of rotatable bonds is 6. The fraction of sp³-hybridized carbons (Fsp3) is 0.294. The van der Waals surface area contributed by atoms with Crippen LogP contribution < -0.4 is 5.32 Å². The lowest BCUT2D eigenvalue weighted by atomic mass is 9.99. The quantitative estimate of drug-likeness (QED) is 0.761. The Morgan fingerprint density at radius 2 is 1.95 bits per heavy atom. The van der Waals surface area contributed by atoms with Crippen molar-refractivity contribution in [2.45, 2.75) is 32.4 Å². The van der Waals surface area contributed by atoms with Gasteiger partial charge in [0.25, 0.3) is 0 Å². The monoisotopic (exact) mass is 255 g/mol. The molecule has 19 heavy (non-hydrogen) atoms. The molecule has 1 N–H and O–H groups in total. The molecule has 1 heterocycles. The molecule has 2 rings (SSSR count). The smallest absolute Gasteiger partial charge is 0.120 e. The van der Waals surface area contributed by atoms with Crippen LogP contribution in [0.25, 0.3) is 0 Å². The lowest BCUT2D eigenvalue weighted by Gasteiger charge is -2.23. The summed E-state index contributed by atoms with van der Waals surface area (Å²) < 4.78 is 5.45. The van der Waals surface area contributed by atoms with Gasteiger partial charge in [-0.15, -0.1) is 6.58 Å².